The van der Waals surface area contributed by atoms with Gasteiger partial charge in [-0.05, 0) is 42.7 Å². The summed E-state index contributed by atoms with van der Waals surface area (Å²) < 4.78 is 0. The molecular formula is C14H18BrNOS. The van der Waals surface area contributed by atoms with E-state index in [9.17, 15) is 4.79 Å². The summed E-state index contributed by atoms with van der Waals surface area (Å²) in [6.07, 6.45) is 3.19. The summed E-state index contributed by atoms with van der Waals surface area (Å²) in [5.74, 6) is 2.46. The Morgan fingerprint density at radius 1 is 1.50 bits per heavy atom. The lowest BCUT2D eigenvalue weighted by Crippen LogP contribution is -2.22. The zero-order valence-electron chi connectivity index (χ0n) is 10.3. The topological polar surface area (TPSA) is 29.1 Å². The van der Waals surface area contributed by atoms with Crippen LogP contribution in [0.5, 0.6) is 0 Å². The van der Waals surface area contributed by atoms with Crippen molar-refractivity contribution in [3.05, 3.63) is 29.8 Å². The predicted molar refractivity (Wildman–Crippen MR) is 82.6 cm³/mol. The van der Waals surface area contributed by atoms with Gasteiger partial charge >= 0.3 is 0 Å². The second-order valence-corrected chi connectivity index (χ2v) is 6.49. The first-order valence-electron chi connectivity index (χ1n) is 6.33. The molecule has 1 saturated heterocycles. The molecule has 0 aromatic heterocycles. The van der Waals surface area contributed by atoms with Crippen molar-refractivity contribution in [1.29, 1.82) is 0 Å². The SMILES string of the molecule is O=C(Nc1cccc(CCCBr)c1)C1CCSC1. The van der Waals surface area contributed by atoms with Gasteiger partial charge < -0.3 is 5.32 Å². The Balaban J connectivity index is 1.93. The number of nitrogens with one attached hydrogen (secondary N) is 1. The van der Waals surface area contributed by atoms with Crippen LogP contribution in [-0.4, -0.2) is 22.7 Å². The minimum Gasteiger partial charge on any atom is -0.326 e. The number of hydrogen-bond donors (Lipinski definition) is 1. The molecule has 0 aliphatic carbocycles. The summed E-state index contributed by atoms with van der Waals surface area (Å²) >= 11 is 5.31. The lowest BCUT2D eigenvalue weighted by Gasteiger charge is -2.10. The van der Waals surface area contributed by atoms with Crippen LogP contribution >= 0.6 is 27.7 Å². The zero-order valence-corrected chi connectivity index (χ0v) is 12.7. The van der Waals surface area contributed by atoms with Crippen LogP contribution in [0.3, 0.4) is 0 Å². The number of hydrogen-bond acceptors (Lipinski definition) is 2. The molecule has 1 amide bonds. The second-order valence-electron chi connectivity index (χ2n) is 4.54. The minimum atomic E-state index is 0.178. The maximum atomic E-state index is 12.0. The summed E-state index contributed by atoms with van der Waals surface area (Å²) in [6, 6.07) is 8.19. The third-order valence-corrected chi connectivity index (χ3v) is 4.82. The van der Waals surface area contributed by atoms with Crippen molar-refractivity contribution in [3.63, 3.8) is 0 Å². The number of benzene rings is 1. The van der Waals surface area contributed by atoms with E-state index >= 15 is 0 Å². The van der Waals surface area contributed by atoms with E-state index in [0.29, 0.717) is 0 Å². The molecule has 0 bridgehead atoms. The minimum absolute atomic E-state index is 0.178. The van der Waals surface area contributed by atoms with E-state index in [1.165, 1.54) is 5.56 Å². The summed E-state index contributed by atoms with van der Waals surface area (Å²) in [5.41, 5.74) is 2.22. The number of carbonyl (C=O) groups excluding carboxylic acids is 1. The molecule has 1 aliphatic rings. The van der Waals surface area contributed by atoms with Crippen molar-refractivity contribution in [2.45, 2.75) is 19.3 Å². The monoisotopic (exact) mass is 327 g/mol. The molecule has 1 fully saturated rings. The van der Waals surface area contributed by atoms with E-state index in [1.54, 1.807) is 0 Å². The number of rotatable bonds is 5. The maximum absolute atomic E-state index is 12.0. The fourth-order valence-electron chi connectivity index (χ4n) is 2.06. The molecule has 1 aliphatic heterocycles. The highest BCUT2D eigenvalue weighted by Crippen LogP contribution is 2.24. The lowest BCUT2D eigenvalue weighted by molar-refractivity contribution is -0.119. The van der Waals surface area contributed by atoms with Gasteiger partial charge in [0, 0.05) is 22.7 Å². The van der Waals surface area contributed by atoms with E-state index in [0.717, 1.165) is 41.8 Å². The summed E-state index contributed by atoms with van der Waals surface area (Å²) in [7, 11) is 0. The molecule has 4 heteroatoms. The number of anilines is 1. The van der Waals surface area contributed by atoms with E-state index in [2.05, 4.69) is 33.4 Å². The normalized spacial score (nSPS) is 18.8. The molecule has 1 aromatic rings. The molecule has 1 unspecified atom stereocenters. The summed E-state index contributed by atoms with van der Waals surface area (Å²) in [5, 5.41) is 4.05. The zero-order chi connectivity index (χ0) is 12.8. The highest BCUT2D eigenvalue weighted by atomic mass is 79.9. The highest BCUT2D eigenvalue weighted by Gasteiger charge is 2.22. The molecule has 0 radical (unpaired) electrons. The number of thioether (sulfide) groups is 1. The highest BCUT2D eigenvalue weighted by molar-refractivity contribution is 9.09. The average Bonchev–Trinajstić information content (AvgIpc) is 2.91. The largest absolute Gasteiger partial charge is 0.326 e. The van der Waals surface area contributed by atoms with Crippen LogP contribution in [0.1, 0.15) is 18.4 Å². The van der Waals surface area contributed by atoms with E-state index in [-0.39, 0.29) is 11.8 Å². The van der Waals surface area contributed by atoms with Crippen molar-refractivity contribution in [2.75, 3.05) is 22.2 Å². The maximum Gasteiger partial charge on any atom is 0.228 e. The van der Waals surface area contributed by atoms with Crippen LogP contribution in [0.25, 0.3) is 0 Å². The van der Waals surface area contributed by atoms with Gasteiger partial charge in [0.15, 0.2) is 0 Å². The van der Waals surface area contributed by atoms with Gasteiger partial charge in [0.05, 0.1) is 0 Å². The number of aryl methyl sites for hydroxylation is 1. The number of amides is 1. The molecule has 1 atom stereocenters. The molecule has 1 heterocycles. The van der Waals surface area contributed by atoms with Gasteiger partial charge in [0.2, 0.25) is 5.91 Å². The summed E-state index contributed by atoms with van der Waals surface area (Å²) in [4.78, 5) is 12.0. The van der Waals surface area contributed by atoms with Crippen LogP contribution in [0.2, 0.25) is 0 Å². The van der Waals surface area contributed by atoms with E-state index in [4.69, 9.17) is 0 Å². The Labute approximate surface area is 121 Å². The predicted octanol–water partition coefficient (Wildman–Crippen LogP) is 3.71. The summed E-state index contributed by atoms with van der Waals surface area (Å²) in [6.45, 7) is 0. The first kappa shape index (κ1) is 13.9. The fraction of sp³-hybridized carbons (Fsp3) is 0.500. The van der Waals surface area contributed by atoms with Crippen molar-refractivity contribution >= 4 is 39.3 Å². The Hall–Kier alpha value is -0.480. The van der Waals surface area contributed by atoms with Crippen LogP contribution < -0.4 is 5.32 Å². The molecule has 2 rings (SSSR count). The first-order valence-corrected chi connectivity index (χ1v) is 8.60. The van der Waals surface area contributed by atoms with Gasteiger partial charge in [-0.3, -0.25) is 4.79 Å². The van der Waals surface area contributed by atoms with E-state index in [1.807, 2.05) is 23.9 Å². The Morgan fingerprint density at radius 2 is 2.39 bits per heavy atom. The second kappa shape index (κ2) is 7.19. The molecule has 0 spiro atoms. The molecule has 18 heavy (non-hydrogen) atoms. The first-order chi connectivity index (χ1) is 8.79. The smallest absolute Gasteiger partial charge is 0.228 e. The van der Waals surface area contributed by atoms with Gasteiger partial charge in [-0.2, -0.15) is 11.8 Å². The van der Waals surface area contributed by atoms with Gasteiger partial charge in [0.25, 0.3) is 0 Å². The van der Waals surface area contributed by atoms with Crippen LogP contribution in [0.15, 0.2) is 24.3 Å². The van der Waals surface area contributed by atoms with Crippen molar-refractivity contribution < 1.29 is 4.79 Å². The van der Waals surface area contributed by atoms with Crippen molar-refractivity contribution in [3.8, 4) is 0 Å². The molecular weight excluding hydrogens is 310 g/mol. The standard InChI is InChI=1S/C14H18BrNOS/c15-7-2-4-11-3-1-5-13(9-11)16-14(17)12-6-8-18-10-12/h1,3,5,9,12H,2,4,6-8,10H2,(H,16,17). The number of halogens is 1. The lowest BCUT2D eigenvalue weighted by atomic mass is 10.1. The number of alkyl halides is 1. The Morgan fingerprint density at radius 3 is 3.11 bits per heavy atom. The third-order valence-electron chi connectivity index (χ3n) is 3.09. The van der Waals surface area contributed by atoms with Crippen molar-refractivity contribution in [1.82, 2.24) is 0 Å². The molecule has 1 N–H and O–H groups in total. The van der Waals surface area contributed by atoms with Gasteiger partial charge in [-0.1, -0.05) is 28.1 Å². The molecule has 1 aromatic carbocycles. The fourth-order valence-corrected chi connectivity index (χ4v) is 3.56. The molecule has 0 saturated carbocycles. The van der Waals surface area contributed by atoms with Crippen molar-refractivity contribution in [2.24, 2.45) is 5.92 Å². The van der Waals surface area contributed by atoms with E-state index < -0.39 is 0 Å². The quantitative estimate of drug-likeness (QED) is 0.835. The molecule has 98 valence electrons. The van der Waals surface area contributed by atoms with Crippen LogP contribution in [0.4, 0.5) is 5.69 Å². The average molecular weight is 328 g/mol. The van der Waals surface area contributed by atoms with Crippen LogP contribution in [0, 0.1) is 5.92 Å². The molecule has 2 nitrogen and oxygen atoms in total. The third kappa shape index (κ3) is 4.02. The Bertz CT molecular complexity index is 405. The van der Waals surface area contributed by atoms with Gasteiger partial charge in [0.1, 0.15) is 0 Å². The Kier molecular flexibility index (Phi) is 5.57. The van der Waals surface area contributed by atoms with Gasteiger partial charge in [-0.15, -0.1) is 0 Å². The van der Waals surface area contributed by atoms with Gasteiger partial charge in [-0.25, -0.2) is 0 Å². The number of carbonyl (C=O) groups is 1. The van der Waals surface area contributed by atoms with Crippen LogP contribution in [-0.2, 0) is 11.2 Å².